The molecule has 7 nitrogen and oxygen atoms in total. The van der Waals surface area contributed by atoms with E-state index < -0.39 is 17.0 Å². The zero-order valence-electron chi connectivity index (χ0n) is 21.5. The zero-order chi connectivity index (χ0) is 27.8. The van der Waals surface area contributed by atoms with Gasteiger partial charge in [0.2, 0.25) is 5.91 Å². The molecule has 11 heteroatoms. The van der Waals surface area contributed by atoms with Crippen LogP contribution in [0.5, 0.6) is 11.5 Å². The monoisotopic (exact) mass is 559 g/mol. The summed E-state index contributed by atoms with van der Waals surface area (Å²) in [4.78, 5) is 14.7. The Balaban J connectivity index is 1.53. The molecule has 1 fully saturated rings. The molecule has 1 saturated heterocycles. The van der Waals surface area contributed by atoms with Crippen LogP contribution < -0.4 is 9.47 Å². The third kappa shape index (κ3) is 7.44. The van der Waals surface area contributed by atoms with Crippen LogP contribution in [0.4, 0.5) is 13.2 Å². The average Bonchev–Trinajstić information content (AvgIpc) is 3.53. The second-order valence-electron chi connectivity index (χ2n) is 8.75. The summed E-state index contributed by atoms with van der Waals surface area (Å²) in [6.45, 7) is 2.80. The van der Waals surface area contributed by atoms with Crippen molar-refractivity contribution in [2.24, 2.45) is 10.2 Å². The Hall–Kier alpha value is -3.73. The standard InChI is InChI=1S/C28H28F3N3O4S/c1-3-4-12-38-23-11-10-20(15-24(23)36-2)17-32-33-27-34(18-22-9-6-13-37-22)26(35)25(39-27)16-19-7-5-8-21(14-19)28(29,30)31/h5-11,13-15,17,25H,3-4,12,16,18H2,1-2H3/b32-17+,33-27+. The first-order valence-electron chi connectivity index (χ1n) is 12.4. The topological polar surface area (TPSA) is 76.6 Å². The summed E-state index contributed by atoms with van der Waals surface area (Å²) in [6, 6.07) is 13.8. The lowest BCUT2D eigenvalue weighted by molar-refractivity contribution is -0.137. The number of carbonyl (C=O) groups is 1. The highest BCUT2D eigenvalue weighted by molar-refractivity contribution is 8.15. The quantitative estimate of drug-likeness (QED) is 0.151. The molecule has 0 spiro atoms. The number of hydrogen-bond acceptors (Lipinski definition) is 7. The maximum Gasteiger partial charge on any atom is 0.416 e. The van der Waals surface area contributed by atoms with Crippen molar-refractivity contribution in [2.45, 2.75) is 44.2 Å². The van der Waals surface area contributed by atoms with Crippen LogP contribution in [-0.4, -0.2) is 41.2 Å². The van der Waals surface area contributed by atoms with Crippen LogP contribution >= 0.6 is 11.8 Å². The molecule has 0 aliphatic carbocycles. The third-order valence-corrected chi connectivity index (χ3v) is 7.05. The molecule has 2 aromatic carbocycles. The number of nitrogens with zero attached hydrogens (tertiary/aromatic N) is 3. The fourth-order valence-electron chi connectivity index (χ4n) is 3.86. The van der Waals surface area contributed by atoms with Crippen molar-refractivity contribution in [1.29, 1.82) is 0 Å². The van der Waals surface area contributed by atoms with Gasteiger partial charge in [-0.1, -0.05) is 43.3 Å². The summed E-state index contributed by atoms with van der Waals surface area (Å²) >= 11 is 1.16. The van der Waals surface area contributed by atoms with Gasteiger partial charge in [-0.15, -0.1) is 5.10 Å². The van der Waals surface area contributed by atoms with E-state index in [4.69, 9.17) is 13.9 Å². The number of benzene rings is 2. The minimum absolute atomic E-state index is 0.113. The van der Waals surface area contributed by atoms with Crippen molar-refractivity contribution in [3.8, 4) is 11.5 Å². The van der Waals surface area contributed by atoms with Gasteiger partial charge in [-0.05, 0) is 60.4 Å². The number of furan rings is 1. The van der Waals surface area contributed by atoms with Crippen LogP contribution in [0, 0.1) is 0 Å². The van der Waals surface area contributed by atoms with Crippen LogP contribution in [0.2, 0.25) is 0 Å². The van der Waals surface area contributed by atoms with Gasteiger partial charge >= 0.3 is 6.18 Å². The van der Waals surface area contributed by atoms with Crippen molar-refractivity contribution < 1.29 is 31.9 Å². The molecule has 0 N–H and O–H groups in total. The Morgan fingerprint density at radius 1 is 1.13 bits per heavy atom. The van der Waals surface area contributed by atoms with Gasteiger partial charge < -0.3 is 13.9 Å². The number of ether oxygens (including phenoxy) is 2. The summed E-state index contributed by atoms with van der Waals surface area (Å²) in [7, 11) is 1.56. The van der Waals surface area contributed by atoms with Gasteiger partial charge in [-0.25, -0.2) is 0 Å². The maximum absolute atomic E-state index is 13.3. The van der Waals surface area contributed by atoms with Gasteiger partial charge in [0.25, 0.3) is 0 Å². The average molecular weight is 560 g/mol. The highest BCUT2D eigenvalue weighted by Crippen LogP contribution is 2.34. The Kier molecular flexibility index (Phi) is 9.34. The minimum Gasteiger partial charge on any atom is -0.493 e. The first kappa shape index (κ1) is 28.3. The number of hydrogen-bond donors (Lipinski definition) is 0. The Morgan fingerprint density at radius 2 is 1.97 bits per heavy atom. The Bertz CT molecular complexity index is 1330. The van der Waals surface area contributed by atoms with E-state index in [9.17, 15) is 18.0 Å². The highest BCUT2D eigenvalue weighted by Gasteiger charge is 2.39. The van der Waals surface area contributed by atoms with Gasteiger partial charge in [0.15, 0.2) is 16.7 Å². The molecule has 1 amide bonds. The smallest absolute Gasteiger partial charge is 0.416 e. The van der Waals surface area contributed by atoms with Crippen molar-refractivity contribution in [3.05, 3.63) is 83.3 Å². The predicted molar refractivity (Wildman–Crippen MR) is 144 cm³/mol. The largest absolute Gasteiger partial charge is 0.493 e. The van der Waals surface area contributed by atoms with Crippen molar-refractivity contribution in [3.63, 3.8) is 0 Å². The van der Waals surface area contributed by atoms with Gasteiger partial charge in [0.1, 0.15) is 5.76 Å². The summed E-state index contributed by atoms with van der Waals surface area (Å²) in [6.07, 6.45) is 0.636. The van der Waals surface area contributed by atoms with Crippen molar-refractivity contribution >= 4 is 29.1 Å². The number of halogens is 3. The molecule has 4 rings (SSSR count). The van der Waals surface area contributed by atoms with E-state index in [1.54, 1.807) is 37.4 Å². The van der Waals surface area contributed by atoms with Crippen LogP contribution in [0.3, 0.4) is 0 Å². The fourth-order valence-corrected chi connectivity index (χ4v) is 5.00. The van der Waals surface area contributed by atoms with Gasteiger partial charge in [0.05, 0.1) is 43.6 Å². The van der Waals surface area contributed by atoms with Gasteiger partial charge in [0, 0.05) is 0 Å². The Labute approximate surface area is 228 Å². The molecule has 0 saturated carbocycles. The minimum atomic E-state index is -4.46. The van der Waals surface area contributed by atoms with Gasteiger partial charge in [-0.2, -0.15) is 18.3 Å². The summed E-state index contributed by atoms with van der Waals surface area (Å²) in [5, 5.41) is 8.13. The lowest BCUT2D eigenvalue weighted by atomic mass is 10.1. The first-order valence-corrected chi connectivity index (χ1v) is 13.2. The lowest BCUT2D eigenvalue weighted by Crippen LogP contribution is -2.32. The number of rotatable bonds is 11. The first-order chi connectivity index (χ1) is 18.8. The summed E-state index contributed by atoms with van der Waals surface area (Å²) < 4.78 is 56.1. The van der Waals surface area contributed by atoms with E-state index in [2.05, 4.69) is 17.1 Å². The molecule has 0 bridgehead atoms. The maximum atomic E-state index is 13.3. The number of alkyl halides is 3. The zero-order valence-corrected chi connectivity index (χ0v) is 22.3. The molecule has 206 valence electrons. The normalized spacial score (nSPS) is 16.9. The van der Waals surface area contributed by atoms with Crippen LogP contribution in [0.15, 0.2) is 75.5 Å². The number of thioether (sulfide) groups is 1. The third-order valence-electron chi connectivity index (χ3n) is 5.88. The van der Waals surface area contributed by atoms with E-state index in [1.165, 1.54) is 23.4 Å². The molecule has 1 aliphatic rings. The van der Waals surface area contributed by atoms with E-state index in [-0.39, 0.29) is 18.9 Å². The molecular formula is C28H28F3N3O4S. The van der Waals surface area contributed by atoms with E-state index in [0.29, 0.717) is 40.2 Å². The van der Waals surface area contributed by atoms with Crippen LogP contribution in [0.25, 0.3) is 0 Å². The molecule has 0 radical (unpaired) electrons. The molecule has 1 aromatic heterocycles. The second-order valence-corrected chi connectivity index (χ2v) is 9.92. The van der Waals surface area contributed by atoms with E-state index in [0.717, 1.165) is 36.7 Å². The summed E-state index contributed by atoms with van der Waals surface area (Å²) in [5.74, 6) is 1.46. The molecule has 3 aromatic rings. The molecule has 1 atom stereocenters. The fraction of sp³-hybridized carbons (Fsp3) is 0.321. The number of carbonyl (C=O) groups excluding carboxylic acids is 1. The number of unbranched alkanes of at least 4 members (excludes halogenated alkanes) is 1. The highest BCUT2D eigenvalue weighted by atomic mass is 32.2. The van der Waals surface area contributed by atoms with Gasteiger partial charge in [-0.3, -0.25) is 9.69 Å². The molecular weight excluding hydrogens is 531 g/mol. The van der Waals surface area contributed by atoms with Crippen LogP contribution in [-0.2, 0) is 23.9 Å². The molecule has 39 heavy (non-hydrogen) atoms. The molecule has 1 aliphatic heterocycles. The van der Waals surface area contributed by atoms with Crippen LogP contribution in [0.1, 0.15) is 42.2 Å². The van der Waals surface area contributed by atoms with E-state index >= 15 is 0 Å². The predicted octanol–water partition coefficient (Wildman–Crippen LogP) is 6.56. The number of amidine groups is 1. The SMILES string of the molecule is CCCCOc1ccc(/C=N/N=C2/SC(Cc3cccc(C(F)(F)F)c3)C(=O)N2Cc2ccco2)cc1OC. The molecule has 1 unspecified atom stereocenters. The molecule has 2 heterocycles. The number of methoxy groups -OCH3 is 1. The van der Waals surface area contributed by atoms with E-state index in [1.807, 2.05) is 6.07 Å². The van der Waals surface area contributed by atoms with Crippen molar-refractivity contribution in [2.75, 3.05) is 13.7 Å². The summed E-state index contributed by atoms with van der Waals surface area (Å²) in [5.41, 5.74) is 0.372. The Morgan fingerprint density at radius 3 is 2.69 bits per heavy atom. The lowest BCUT2D eigenvalue weighted by Gasteiger charge is -2.14. The number of amides is 1. The van der Waals surface area contributed by atoms with Crippen molar-refractivity contribution in [1.82, 2.24) is 4.90 Å². The second kappa shape index (κ2) is 12.9.